The number of carbonyl (C=O) groups is 1. The van der Waals surface area contributed by atoms with E-state index in [1.807, 2.05) is 49.4 Å². The first-order valence-electron chi connectivity index (χ1n) is 11.0. The number of halogens is 4. The Labute approximate surface area is 220 Å². The summed E-state index contributed by atoms with van der Waals surface area (Å²) in [4.78, 5) is 17.7. The van der Waals surface area contributed by atoms with Crippen molar-refractivity contribution in [3.05, 3.63) is 69.2 Å². The molecular weight excluding hydrogens is 500 g/mol. The predicted octanol–water partition coefficient (Wildman–Crippen LogP) is 6.11. The maximum absolute atomic E-state index is 12.7. The second-order valence-electron chi connectivity index (χ2n) is 9.02. The highest BCUT2D eigenvalue weighted by molar-refractivity contribution is 6.42. The Morgan fingerprint density at radius 1 is 1.06 bits per heavy atom. The van der Waals surface area contributed by atoms with E-state index in [4.69, 9.17) is 23.2 Å². The van der Waals surface area contributed by atoms with Gasteiger partial charge in [-0.2, -0.15) is 0 Å². The van der Waals surface area contributed by atoms with Gasteiger partial charge in [0.1, 0.15) is 0 Å². The minimum Gasteiger partial charge on any atom is -0.348 e. The van der Waals surface area contributed by atoms with Crippen LogP contribution in [0.4, 0.5) is 0 Å². The summed E-state index contributed by atoms with van der Waals surface area (Å²) in [6.45, 7) is 13.3. The Morgan fingerprint density at radius 3 is 2.30 bits per heavy atom. The molecule has 184 valence electrons. The van der Waals surface area contributed by atoms with Crippen LogP contribution in [0.3, 0.4) is 0 Å². The van der Waals surface area contributed by atoms with E-state index in [1.165, 1.54) is 5.56 Å². The monoisotopic (exact) mass is 533 g/mol. The van der Waals surface area contributed by atoms with Crippen molar-refractivity contribution in [3.63, 3.8) is 0 Å². The summed E-state index contributed by atoms with van der Waals surface area (Å²) in [5.74, 6) is 0.365. The molecule has 0 radical (unpaired) electrons. The Kier molecular flexibility index (Phi) is 12.5. The topological polar surface area (TPSA) is 35.6 Å². The second-order valence-corrected chi connectivity index (χ2v) is 9.83. The largest absolute Gasteiger partial charge is 0.348 e. The SMILES string of the molecule is Cc1ccc(C(=O)N[C@@H](CN2CCN(Cc3ccc(Cl)c(Cl)c3)C(C)C2)C(C)C)cc1.Cl.Cl. The van der Waals surface area contributed by atoms with Crippen molar-refractivity contribution in [3.8, 4) is 0 Å². The molecule has 33 heavy (non-hydrogen) atoms. The summed E-state index contributed by atoms with van der Waals surface area (Å²) in [6, 6.07) is 14.1. The molecular formula is C25H35Cl4N3O. The van der Waals surface area contributed by atoms with Crippen molar-refractivity contribution < 1.29 is 4.79 Å². The summed E-state index contributed by atoms with van der Waals surface area (Å²) in [5.41, 5.74) is 3.06. The van der Waals surface area contributed by atoms with Crippen molar-refractivity contribution in [2.24, 2.45) is 5.92 Å². The van der Waals surface area contributed by atoms with Crippen LogP contribution in [-0.4, -0.2) is 54.0 Å². The first kappa shape index (κ1) is 30.0. The number of piperazine rings is 1. The van der Waals surface area contributed by atoms with Gasteiger partial charge in [-0.25, -0.2) is 0 Å². The van der Waals surface area contributed by atoms with Crippen molar-refractivity contribution in [2.75, 3.05) is 26.2 Å². The van der Waals surface area contributed by atoms with Gasteiger partial charge < -0.3 is 5.32 Å². The molecule has 3 rings (SSSR count). The summed E-state index contributed by atoms with van der Waals surface area (Å²) in [5, 5.41) is 4.45. The van der Waals surface area contributed by atoms with Crippen molar-refractivity contribution >= 4 is 53.9 Å². The standard InChI is InChI=1S/C25H33Cl2N3O.2ClH/c1-17(2)24(28-25(31)21-8-5-18(3)6-9-21)16-29-11-12-30(19(4)14-29)15-20-7-10-22(26)23(27)13-20;;/h5-10,13,17,19,24H,11-12,14-16H2,1-4H3,(H,28,31);2*1H/t19?,24-;;/m0../s1. The average Bonchev–Trinajstić information content (AvgIpc) is 2.72. The summed E-state index contributed by atoms with van der Waals surface area (Å²) >= 11 is 12.2. The highest BCUT2D eigenvalue weighted by Gasteiger charge is 2.27. The molecule has 1 N–H and O–H groups in total. The smallest absolute Gasteiger partial charge is 0.251 e. The summed E-state index contributed by atoms with van der Waals surface area (Å²) in [7, 11) is 0. The van der Waals surface area contributed by atoms with Gasteiger partial charge in [0, 0.05) is 50.4 Å². The fourth-order valence-electron chi connectivity index (χ4n) is 4.00. The molecule has 0 aliphatic carbocycles. The lowest BCUT2D eigenvalue weighted by Crippen LogP contribution is -2.55. The molecule has 2 aromatic rings. The number of aryl methyl sites for hydroxylation is 1. The molecule has 1 aliphatic heterocycles. The molecule has 4 nitrogen and oxygen atoms in total. The van der Waals surface area contributed by atoms with Crippen LogP contribution < -0.4 is 5.32 Å². The Morgan fingerprint density at radius 2 is 1.73 bits per heavy atom. The molecule has 8 heteroatoms. The van der Waals surface area contributed by atoms with Gasteiger partial charge in [-0.15, -0.1) is 24.8 Å². The number of hydrogen-bond acceptors (Lipinski definition) is 3. The van der Waals surface area contributed by atoms with Crippen LogP contribution in [0.1, 0.15) is 42.3 Å². The van der Waals surface area contributed by atoms with E-state index >= 15 is 0 Å². The lowest BCUT2D eigenvalue weighted by molar-refractivity contribution is 0.0647. The van der Waals surface area contributed by atoms with Crippen molar-refractivity contribution in [2.45, 2.75) is 46.3 Å². The van der Waals surface area contributed by atoms with Crippen LogP contribution in [-0.2, 0) is 6.54 Å². The molecule has 2 atom stereocenters. The zero-order valence-electron chi connectivity index (χ0n) is 19.7. The van der Waals surface area contributed by atoms with Crippen molar-refractivity contribution in [1.82, 2.24) is 15.1 Å². The second kappa shape index (κ2) is 13.8. The van der Waals surface area contributed by atoms with Gasteiger partial charge in [-0.1, -0.05) is 60.8 Å². The summed E-state index contributed by atoms with van der Waals surface area (Å²) in [6.07, 6.45) is 0. The Bertz CT molecular complexity index is 892. The number of benzene rings is 2. The Balaban J connectivity index is 0.00000272. The number of carbonyl (C=O) groups excluding carboxylic acids is 1. The minimum atomic E-state index is 0. The zero-order chi connectivity index (χ0) is 22.5. The molecule has 1 amide bonds. The van der Waals surface area contributed by atoms with Gasteiger partial charge in [0.25, 0.3) is 5.91 Å². The first-order valence-corrected chi connectivity index (χ1v) is 11.8. The van der Waals surface area contributed by atoms with Gasteiger partial charge in [0.2, 0.25) is 0 Å². The maximum Gasteiger partial charge on any atom is 0.251 e. The third-order valence-electron chi connectivity index (χ3n) is 6.11. The van der Waals surface area contributed by atoms with Crippen molar-refractivity contribution in [1.29, 1.82) is 0 Å². The number of amides is 1. The van der Waals surface area contributed by atoms with E-state index in [2.05, 4.69) is 35.9 Å². The minimum absolute atomic E-state index is 0. The lowest BCUT2D eigenvalue weighted by atomic mass is 10.0. The molecule has 0 aromatic heterocycles. The average molecular weight is 535 g/mol. The quantitative estimate of drug-likeness (QED) is 0.465. The fourth-order valence-corrected chi connectivity index (χ4v) is 4.32. The molecule has 1 unspecified atom stereocenters. The molecule has 1 aliphatic rings. The highest BCUT2D eigenvalue weighted by Crippen LogP contribution is 2.24. The van der Waals surface area contributed by atoms with E-state index in [0.717, 1.165) is 43.9 Å². The van der Waals surface area contributed by atoms with E-state index in [0.29, 0.717) is 22.0 Å². The molecule has 1 saturated heterocycles. The van der Waals surface area contributed by atoms with Gasteiger partial charge in [0.15, 0.2) is 0 Å². The highest BCUT2D eigenvalue weighted by atomic mass is 35.5. The predicted molar refractivity (Wildman–Crippen MR) is 145 cm³/mol. The lowest BCUT2D eigenvalue weighted by Gasteiger charge is -2.41. The molecule has 0 spiro atoms. The molecule has 2 aromatic carbocycles. The van der Waals surface area contributed by atoms with Gasteiger partial charge in [0.05, 0.1) is 10.0 Å². The van der Waals surface area contributed by atoms with Crippen LogP contribution in [0, 0.1) is 12.8 Å². The molecule has 1 fully saturated rings. The van der Waals surface area contributed by atoms with Crippen LogP contribution in [0.25, 0.3) is 0 Å². The number of nitrogens with zero attached hydrogens (tertiary/aromatic N) is 2. The van der Waals surface area contributed by atoms with E-state index in [9.17, 15) is 4.79 Å². The van der Waals surface area contributed by atoms with Gasteiger partial charge in [-0.05, 0) is 49.6 Å². The van der Waals surface area contributed by atoms with Gasteiger partial charge in [-0.3, -0.25) is 14.6 Å². The van der Waals surface area contributed by atoms with Gasteiger partial charge >= 0.3 is 0 Å². The third kappa shape index (κ3) is 8.61. The van der Waals surface area contributed by atoms with E-state index in [-0.39, 0.29) is 36.8 Å². The number of hydrogen-bond donors (Lipinski definition) is 1. The van der Waals surface area contributed by atoms with Crippen LogP contribution >= 0.6 is 48.0 Å². The van der Waals surface area contributed by atoms with Crippen LogP contribution in [0.5, 0.6) is 0 Å². The van der Waals surface area contributed by atoms with Crippen LogP contribution in [0.15, 0.2) is 42.5 Å². The summed E-state index contributed by atoms with van der Waals surface area (Å²) < 4.78 is 0. The first-order chi connectivity index (χ1) is 14.7. The third-order valence-corrected chi connectivity index (χ3v) is 6.85. The molecule has 1 heterocycles. The normalized spacial score (nSPS) is 17.7. The molecule has 0 bridgehead atoms. The fraction of sp³-hybridized carbons (Fsp3) is 0.480. The number of nitrogens with one attached hydrogen (secondary N) is 1. The van der Waals surface area contributed by atoms with E-state index < -0.39 is 0 Å². The Hall–Kier alpha value is -1.01. The van der Waals surface area contributed by atoms with E-state index in [1.54, 1.807) is 0 Å². The van der Waals surface area contributed by atoms with Crippen LogP contribution in [0.2, 0.25) is 10.0 Å². The number of rotatable bonds is 7. The zero-order valence-corrected chi connectivity index (χ0v) is 22.8. The maximum atomic E-state index is 12.7. The molecule has 0 saturated carbocycles.